The van der Waals surface area contributed by atoms with Gasteiger partial charge in [0.1, 0.15) is 11.6 Å². The maximum absolute atomic E-state index is 13.6. The predicted octanol–water partition coefficient (Wildman–Crippen LogP) is 2.14. The lowest BCUT2D eigenvalue weighted by molar-refractivity contribution is 0.145. The molecule has 23 heavy (non-hydrogen) atoms. The lowest BCUT2D eigenvalue weighted by Gasteiger charge is -2.11. The quantitative estimate of drug-likeness (QED) is 0.717. The number of carbonyl (C=O) groups is 1. The van der Waals surface area contributed by atoms with Gasteiger partial charge in [-0.15, -0.1) is 0 Å². The average molecular weight is 313 g/mol. The second-order valence-electron chi connectivity index (χ2n) is 5.36. The second-order valence-corrected chi connectivity index (χ2v) is 5.36. The third kappa shape index (κ3) is 2.07. The van der Waals surface area contributed by atoms with Crippen LogP contribution in [0.4, 0.5) is 15.1 Å². The Bertz CT molecular complexity index is 952. The molecule has 7 nitrogen and oxygen atoms in total. The van der Waals surface area contributed by atoms with Gasteiger partial charge in [0.25, 0.3) is 0 Å². The van der Waals surface area contributed by atoms with Crippen molar-refractivity contribution in [2.45, 2.75) is 13.1 Å². The average Bonchev–Trinajstić information content (AvgIpc) is 3.09. The van der Waals surface area contributed by atoms with Crippen LogP contribution < -0.4 is 5.73 Å². The zero-order valence-electron chi connectivity index (χ0n) is 11.9. The van der Waals surface area contributed by atoms with Crippen molar-refractivity contribution < 1.29 is 14.3 Å². The van der Waals surface area contributed by atoms with Crippen molar-refractivity contribution in [1.29, 1.82) is 0 Å². The normalized spacial score (nSPS) is 13.5. The first-order chi connectivity index (χ1) is 11.0. The van der Waals surface area contributed by atoms with Crippen molar-refractivity contribution in [2.24, 2.45) is 0 Å². The number of nitrogens with two attached hydrogens (primary N) is 1. The van der Waals surface area contributed by atoms with E-state index in [-0.39, 0.29) is 24.9 Å². The SMILES string of the molecule is Nc1nc2c(c(-n3ccc4ccc(F)cc43)n1)CN(C(=O)O)C2. The van der Waals surface area contributed by atoms with E-state index in [2.05, 4.69) is 9.97 Å². The van der Waals surface area contributed by atoms with Gasteiger partial charge >= 0.3 is 6.09 Å². The Morgan fingerprint density at radius 1 is 1.26 bits per heavy atom. The van der Waals surface area contributed by atoms with Crippen molar-refractivity contribution in [3.05, 3.63) is 47.5 Å². The first-order valence-electron chi connectivity index (χ1n) is 6.93. The van der Waals surface area contributed by atoms with Gasteiger partial charge in [-0.05, 0) is 24.3 Å². The molecule has 0 aliphatic carbocycles. The molecular formula is C15H12FN5O2. The molecule has 1 amide bonds. The Kier molecular flexibility index (Phi) is 2.74. The van der Waals surface area contributed by atoms with Crippen LogP contribution in [0.2, 0.25) is 0 Å². The van der Waals surface area contributed by atoms with Gasteiger partial charge in [0.2, 0.25) is 5.95 Å². The van der Waals surface area contributed by atoms with Crippen LogP contribution >= 0.6 is 0 Å². The van der Waals surface area contributed by atoms with Gasteiger partial charge in [0.05, 0.1) is 24.3 Å². The molecule has 1 aliphatic rings. The summed E-state index contributed by atoms with van der Waals surface area (Å²) in [5.41, 5.74) is 7.66. The largest absolute Gasteiger partial charge is 0.465 e. The third-order valence-electron chi connectivity index (χ3n) is 3.93. The standard InChI is InChI=1S/C15H12FN5O2/c16-9-2-1-8-3-4-21(12(8)5-9)13-10-6-20(15(22)23)7-11(10)18-14(17)19-13/h1-5H,6-7H2,(H,22,23)(H2,17,18,19). The molecule has 0 radical (unpaired) electrons. The fourth-order valence-corrected chi connectivity index (χ4v) is 2.88. The lowest BCUT2D eigenvalue weighted by atomic mass is 10.2. The number of nitrogen functional groups attached to an aromatic ring is 1. The summed E-state index contributed by atoms with van der Waals surface area (Å²) >= 11 is 0. The predicted molar refractivity (Wildman–Crippen MR) is 80.5 cm³/mol. The highest BCUT2D eigenvalue weighted by Gasteiger charge is 2.28. The minimum Gasteiger partial charge on any atom is -0.465 e. The first-order valence-corrected chi connectivity index (χ1v) is 6.93. The number of nitrogens with zero attached hydrogens (tertiary/aromatic N) is 4. The molecule has 1 aliphatic heterocycles. The van der Waals surface area contributed by atoms with E-state index >= 15 is 0 Å². The number of carboxylic acid groups (broad SMARTS) is 1. The molecule has 0 saturated heterocycles. The van der Waals surface area contributed by atoms with Crippen molar-refractivity contribution in [3.63, 3.8) is 0 Å². The number of halogens is 1. The van der Waals surface area contributed by atoms with E-state index in [9.17, 15) is 14.3 Å². The van der Waals surface area contributed by atoms with Crippen LogP contribution in [0.1, 0.15) is 11.3 Å². The molecule has 0 bridgehead atoms. The molecule has 0 fully saturated rings. The molecule has 0 unspecified atom stereocenters. The lowest BCUT2D eigenvalue weighted by Crippen LogP contribution is -2.22. The van der Waals surface area contributed by atoms with Crippen LogP contribution in [-0.2, 0) is 13.1 Å². The van der Waals surface area contributed by atoms with E-state index < -0.39 is 6.09 Å². The van der Waals surface area contributed by atoms with Gasteiger partial charge in [-0.1, -0.05) is 0 Å². The highest BCUT2D eigenvalue weighted by molar-refractivity contribution is 5.82. The number of fused-ring (bicyclic) bond motifs is 2. The van der Waals surface area contributed by atoms with Gasteiger partial charge in [0, 0.05) is 17.1 Å². The number of benzene rings is 1. The zero-order chi connectivity index (χ0) is 16.1. The van der Waals surface area contributed by atoms with Crippen LogP contribution in [0.5, 0.6) is 0 Å². The fraction of sp³-hybridized carbons (Fsp3) is 0.133. The molecule has 0 spiro atoms. The van der Waals surface area contributed by atoms with Gasteiger partial charge in [0.15, 0.2) is 0 Å². The highest BCUT2D eigenvalue weighted by atomic mass is 19.1. The van der Waals surface area contributed by atoms with Crippen molar-refractivity contribution in [1.82, 2.24) is 19.4 Å². The number of amides is 1. The minimum atomic E-state index is -1.03. The number of hydrogen-bond acceptors (Lipinski definition) is 4. The Labute approximate surface area is 129 Å². The summed E-state index contributed by atoms with van der Waals surface area (Å²) in [4.78, 5) is 20.8. The van der Waals surface area contributed by atoms with Crippen molar-refractivity contribution >= 4 is 22.9 Å². The third-order valence-corrected chi connectivity index (χ3v) is 3.93. The molecule has 3 N–H and O–H groups in total. The minimum absolute atomic E-state index is 0.0595. The summed E-state index contributed by atoms with van der Waals surface area (Å²) in [5, 5.41) is 10.0. The van der Waals surface area contributed by atoms with E-state index in [0.29, 0.717) is 22.6 Å². The highest BCUT2D eigenvalue weighted by Crippen LogP contribution is 2.29. The Morgan fingerprint density at radius 2 is 2.09 bits per heavy atom. The van der Waals surface area contributed by atoms with E-state index in [1.54, 1.807) is 16.8 Å². The summed E-state index contributed by atoms with van der Waals surface area (Å²) in [6.07, 6.45) is 0.728. The van der Waals surface area contributed by atoms with Crippen LogP contribution in [0, 0.1) is 5.82 Å². The number of rotatable bonds is 1. The summed E-state index contributed by atoms with van der Waals surface area (Å²) in [5.74, 6) is 0.185. The van der Waals surface area contributed by atoms with E-state index in [1.165, 1.54) is 17.0 Å². The van der Waals surface area contributed by atoms with Gasteiger partial charge in [-0.25, -0.2) is 14.2 Å². The molecule has 0 saturated carbocycles. The molecule has 116 valence electrons. The maximum Gasteiger partial charge on any atom is 0.407 e. The topological polar surface area (TPSA) is 97.3 Å². The van der Waals surface area contributed by atoms with Crippen LogP contribution in [0.3, 0.4) is 0 Å². The van der Waals surface area contributed by atoms with Crippen molar-refractivity contribution in [2.75, 3.05) is 5.73 Å². The number of anilines is 1. The molecular weight excluding hydrogens is 301 g/mol. The Morgan fingerprint density at radius 3 is 2.87 bits per heavy atom. The molecule has 4 rings (SSSR count). The van der Waals surface area contributed by atoms with Crippen LogP contribution in [-0.4, -0.2) is 30.6 Å². The summed E-state index contributed by atoms with van der Waals surface area (Å²) in [6.45, 7) is 0.340. The number of hydrogen-bond donors (Lipinski definition) is 2. The van der Waals surface area contributed by atoms with Crippen LogP contribution in [0.15, 0.2) is 30.5 Å². The summed E-state index contributed by atoms with van der Waals surface area (Å²) in [6, 6.07) is 6.31. The van der Waals surface area contributed by atoms with E-state index in [0.717, 1.165) is 5.39 Å². The zero-order valence-corrected chi connectivity index (χ0v) is 11.9. The Hall–Kier alpha value is -3.16. The summed E-state index contributed by atoms with van der Waals surface area (Å²) < 4.78 is 15.3. The molecule has 0 atom stereocenters. The molecule has 3 aromatic rings. The van der Waals surface area contributed by atoms with Gasteiger partial charge < -0.3 is 15.4 Å². The van der Waals surface area contributed by atoms with Gasteiger partial charge in [-0.2, -0.15) is 4.98 Å². The van der Waals surface area contributed by atoms with Gasteiger partial charge in [-0.3, -0.25) is 4.90 Å². The van der Waals surface area contributed by atoms with E-state index in [4.69, 9.17) is 5.73 Å². The molecule has 8 heteroatoms. The monoisotopic (exact) mass is 313 g/mol. The molecule has 1 aromatic carbocycles. The second kappa shape index (κ2) is 4.67. The van der Waals surface area contributed by atoms with E-state index in [1.807, 2.05) is 6.07 Å². The van der Waals surface area contributed by atoms with Crippen molar-refractivity contribution in [3.8, 4) is 5.82 Å². The van der Waals surface area contributed by atoms with Crippen LogP contribution in [0.25, 0.3) is 16.7 Å². The molecule has 2 aromatic heterocycles. The first kappa shape index (κ1) is 13.5. The Balaban J connectivity index is 1.93. The summed E-state index contributed by atoms with van der Waals surface area (Å²) in [7, 11) is 0. The smallest absolute Gasteiger partial charge is 0.407 e. The fourth-order valence-electron chi connectivity index (χ4n) is 2.88. The maximum atomic E-state index is 13.6. The molecule has 3 heterocycles. The number of aromatic nitrogens is 3.